The number of hydrogen-bond acceptors (Lipinski definition) is 1. The van der Waals surface area contributed by atoms with Crippen molar-refractivity contribution in [1.29, 1.82) is 0 Å². The van der Waals surface area contributed by atoms with Crippen LogP contribution in [0, 0.1) is 0 Å². The van der Waals surface area contributed by atoms with E-state index in [-0.39, 0.29) is 0 Å². The van der Waals surface area contributed by atoms with Crippen molar-refractivity contribution >= 4 is 10.9 Å². The maximum Gasteiger partial charge on any atom is 0.0454 e. The van der Waals surface area contributed by atoms with Gasteiger partial charge in [-0.25, -0.2) is 0 Å². The lowest BCUT2D eigenvalue weighted by molar-refractivity contribution is 0.764. The Morgan fingerprint density at radius 2 is 1.95 bits per heavy atom. The van der Waals surface area contributed by atoms with Crippen molar-refractivity contribution in [3.05, 3.63) is 71.4 Å². The first-order chi connectivity index (χ1) is 9.78. The number of fused-ring (bicyclic) bond motifs is 1. The molecule has 0 spiro atoms. The zero-order valence-corrected chi connectivity index (χ0v) is 11.8. The standard InChI is InChI=1S/C18H20N2/c1-13(12-19)17-5-3-2-4-15(17)10-14-6-7-18-16(11-14)8-9-20-18/h2-9,11,13,20H,10,12,19H2,1H3/t13-/m0/s1. The summed E-state index contributed by atoms with van der Waals surface area (Å²) in [5.74, 6) is 0.405. The lowest BCUT2D eigenvalue weighted by Crippen LogP contribution is -2.11. The Kier molecular flexibility index (Phi) is 3.57. The average Bonchev–Trinajstić information content (AvgIpc) is 2.94. The highest BCUT2D eigenvalue weighted by molar-refractivity contribution is 5.80. The first kappa shape index (κ1) is 12.9. The number of aromatic nitrogens is 1. The predicted octanol–water partition coefficient (Wildman–Crippen LogP) is 3.82. The van der Waals surface area contributed by atoms with E-state index in [1.165, 1.54) is 27.6 Å². The molecule has 1 heterocycles. The van der Waals surface area contributed by atoms with Crippen LogP contribution in [0.3, 0.4) is 0 Å². The van der Waals surface area contributed by atoms with Gasteiger partial charge in [-0.15, -0.1) is 0 Å². The monoisotopic (exact) mass is 264 g/mol. The fraction of sp³-hybridized carbons (Fsp3) is 0.222. The van der Waals surface area contributed by atoms with Crippen molar-refractivity contribution in [2.24, 2.45) is 5.73 Å². The number of aromatic amines is 1. The summed E-state index contributed by atoms with van der Waals surface area (Å²) in [5.41, 5.74) is 11.1. The molecule has 0 aliphatic heterocycles. The molecule has 102 valence electrons. The van der Waals surface area contributed by atoms with Crippen LogP contribution in [0.25, 0.3) is 10.9 Å². The van der Waals surface area contributed by atoms with Gasteiger partial charge in [-0.2, -0.15) is 0 Å². The van der Waals surface area contributed by atoms with E-state index in [1.807, 2.05) is 6.20 Å². The van der Waals surface area contributed by atoms with Crippen LogP contribution in [-0.2, 0) is 6.42 Å². The van der Waals surface area contributed by atoms with Gasteiger partial charge >= 0.3 is 0 Å². The minimum atomic E-state index is 0.405. The predicted molar refractivity (Wildman–Crippen MR) is 85.0 cm³/mol. The molecule has 1 atom stereocenters. The van der Waals surface area contributed by atoms with Crippen LogP contribution < -0.4 is 5.73 Å². The highest BCUT2D eigenvalue weighted by atomic mass is 14.7. The van der Waals surface area contributed by atoms with E-state index < -0.39 is 0 Å². The van der Waals surface area contributed by atoms with E-state index >= 15 is 0 Å². The second-order valence-corrected chi connectivity index (χ2v) is 5.41. The molecule has 20 heavy (non-hydrogen) atoms. The smallest absolute Gasteiger partial charge is 0.0454 e. The van der Waals surface area contributed by atoms with Crippen LogP contribution in [0.5, 0.6) is 0 Å². The molecular formula is C18H20N2. The third kappa shape index (κ3) is 2.47. The van der Waals surface area contributed by atoms with E-state index in [2.05, 4.69) is 60.4 Å². The third-order valence-corrected chi connectivity index (χ3v) is 3.95. The van der Waals surface area contributed by atoms with E-state index in [4.69, 9.17) is 5.73 Å². The molecule has 0 aliphatic rings. The summed E-state index contributed by atoms with van der Waals surface area (Å²) in [6, 6.07) is 17.3. The lowest BCUT2D eigenvalue weighted by atomic mass is 9.92. The van der Waals surface area contributed by atoms with Gasteiger partial charge in [0.25, 0.3) is 0 Å². The normalized spacial score (nSPS) is 12.7. The van der Waals surface area contributed by atoms with Crippen LogP contribution in [0.15, 0.2) is 54.7 Å². The van der Waals surface area contributed by atoms with Crippen molar-refractivity contribution in [3.63, 3.8) is 0 Å². The Hall–Kier alpha value is -2.06. The van der Waals surface area contributed by atoms with E-state index in [9.17, 15) is 0 Å². The lowest BCUT2D eigenvalue weighted by Gasteiger charge is -2.15. The van der Waals surface area contributed by atoms with Crippen molar-refractivity contribution in [2.45, 2.75) is 19.3 Å². The molecule has 0 saturated heterocycles. The van der Waals surface area contributed by atoms with Gasteiger partial charge in [0.15, 0.2) is 0 Å². The van der Waals surface area contributed by atoms with Gasteiger partial charge < -0.3 is 10.7 Å². The molecule has 0 unspecified atom stereocenters. The van der Waals surface area contributed by atoms with Crippen molar-refractivity contribution in [1.82, 2.24) is 4.98 Å². The first-order valence-electron chi connectivity index (χ1n) is 7.12. The second kappa shape index (κ2) is 5.51. The molecule has 0 radical (unpaired) electrons. The zero-order chi connectivity index (χ0) is 13.9. The maximum absolute atomic E-state index is 5.82. The Morgan fingerprint density at radius 1 is 1.10 bits per heavy atom. The summed E-state index contributed by atoms with van der Waals surface area (Å²) in [7, 11) is 0. The molecule has 0 amide bonds. The number of benzene rings is 2. The minimum Gasteiger partial charge on any atom is -0.361 e. The van der Waals surface area contributed by atoms with Gasteiger partial charge in [0.1, 0.15) is 0 Å². The molecule has 3 N–H and O–H groups in total. The van der Waals surface area contributed by atoms with E-state index in [1.54, 1.807) is 0 Å². The van der Waals surface area contributed by atoms with Crippen LogP contribution in [-0.4, -0.2) is 11.5 Å². The number of nitrogens with two attached hydrogens (primary N) is 1. The Labute approximate surface area is 119 Å². The van der Waals surface area contributed by atoms with Crippen LogP contribution in [0.2, 0.25) is 0 Å². The van der Waals surface area contributed by atoms with Crippen molar-refractivity contribution in [2.75, 3.05) is 6.54 Å². The summed E-state index contributed by atoms with van der Waals surface area (Å²) >= 11 is 0. The summed E-state index contributed by atoms with van der Waals surface area (Å²) in [4.78, 5) is 3.23. The third-order valence-electron chi connectivity index (χ3n) is 3.95. The van der Waals surface area contributed by atoms with Gasteiger partial charge in [0.05, 0.1) is 0 Å². The summed E-state index contributed by atoms with van der Waals surface area (Å²) in [5, 5.41) is 1.27. The molecule has 0 fully saturated rings. The molecule has 1 aromatic heterocycles. The molecule has 2 nitrogen and oxygen atoms in total. The molecule has 0 aliphatic carbocycles. The topological polar surface area (TPSA) is 41.8 Å². The van der Waals surface area contributed by atoms with Crippen LogP contribution in [0.4, 0.5) is 0 Å². The average molecular weight is 264 g/mol. The van der Waals surface area contributed by atoms with Crippen molar-refractivity contribution < 1.29 is 0 Å². The highest BCUT2D eigenvalue weighted by Crippen LogP contribution is 2.23. The molecule has 0 bridgehead atoms. The number of rotatable bonds is 4. The summed E-state index contributed by atoms with van der Waals surface area (Å²) in [6.45, 7) is 2.88. The molecule has 3 rings (SSSR count). The Morgan fingerprint density at radius 3 is 2.80 bits per heavy atom. The molecule has 0 saturated carbocycles. The molecule has 3 aromatic rings. The number of hydrogen-bond donors (Lipinski definition) is 2. The SMILES string of the molecule is C[C@@H](CN)c1ccccc1Cc1ccc2[nH]ccc2c1. The quantitative estimate of drug-likeness (QED) is 0.739. The number of nitrogens with one attached hydrogen (secondary N) is 1. The van der Waals surface area contributed by atoms with Gasteiger partial charge in [-0.3, -0.25) is 0 Å². The van der Waals surface area contributed by atoms with Crippen molar-refractivity contribution in [3.8, 4) is 0 Å². The minimum absolute atomic E-state index is 0.405. The molecule has 2 heteroatoms. The fourth-order valence-corrected chi connectivity index (χ4v) is 2.74. The first-order valence-corrected chi connectivity index (χ1v) is 7.12. The summed E-state index contributed by atoms with van der Waals surface area (Å²) in [6.07, 6.45) is 2.94. The van der Waals surface area contributed by atoms with Gasteiger partial charge in [-0.1, -0.05) is 37.3 Å². The molecular weight excluding hydrogens is 244 g/mol. The van der Waals surface area contributed by atoms with Gasteiger partial charge in [0, 0.05) is 11.7 Å². The largest absolute Gasteiger partial charge is 0.361 e. The highest BCUT2D eigenvalue weighted by Gasteiger charge is 2.09. The maximum atomic E-state index is 5.82. The number of H-pyrrole nitrogens is 1. The fourth-order valence-electron chi connectivity index (χ4n) is 2.74. The van der Waals surface area contributed by atoms with E-state index in [0.717, 1.165) is 6.42 Å². The Balaban J connectivity index is 1.94. The summed E-state index contributed by atoms with van der Waals surface area (Å²) < 4.78 is 0. The van der Waals surface area contributed by atoms with Gasteiger partial charge in [0.2, 0.25) is 0 Å². The zero-order valence-electron chi connectivity index (χ0n) is 11.8. The van der Waals surface area contributed by atoms with E-state index in [0.29, 0.717) is 12.5 Å². The molecule has 2 aromatic carbocycles. The van der Waals surface area contributed by atoms with Gasteiger partial charge in [-0.05, 0) is 59.2 Å². The second-order valence-electron chi connectivity index (χ2n) is 5.41. The van der Waals surface area contributed by atoms with Crippen LogP contribution >= 0.6 is 0 Å². The van der Waals surface area contributed by atoms with Crippen LogP contribution in [0.1, 0.15) is 29.5 Å². The Bertz CT molecular complexity index is 712.